The zero-order chi connectivity index (χ0) is 10.5. The topological polar surface area (TPSA) is 40.7 Å². The van der Waals surface area contributed by atoms with Crippen LogP contribution >= 0.6 is 11.8 Å². The van der Waals surface area contributed by atoms with Crippen molar-refractivity contribution in [2.75, 3.05) is 11.6 Å². The molecule has 15 heavy (non-hydrogen) atoms. The van der Waals surface area contributed by atoms with E-state index < -0.39 is 0 Å². The lowest BCUT2D eigenvalue weighted by Crippen LogP contribution is -1.98. The summed E-state index contributed by atoms with van der Waals surface area (Å²) in [7, 11) is 0. The summed E-state index contributed by atoms with van der Waals surface area (Å²) in [5.74, 6) is 0. The van der Waals surface area contributed by atoms with E-state index in [9.17, 15) is 0 Å². The van der Waals surface area contributed by atoms with Crippen LogP contribution in [-0.2, 0) is 6.54 Å². The van der Waals surface area contributed by atoms with Crippen LogP contribution in [0.4, 0.5) is 5.69 Å². The fourth-order valence-electron chi connectivity index (χ4n) is 1.29. The summed E-state index contributed by atoms with van der Waals surface area (Å²) in [6, 6.07) is 8.39. The second kappa shape index (κ2) is 4.89. The molecular weight excluding hydrogens is 206 g/mol. The second-order valence-electron chi connectivity index (χ2n) is 3.16. The molecule has 1 aromatic carbocycles. The Labute approximate surface area is 93.3 Å². The molecule has 0 fully saturated rings. The maximum absolute atomic E-state index is 3.96. The van der Waals surface area contributed by atoms with Crippen molar-refractivity contribution in [1.82, 2.24) is 9.97 Å². The van der Waals surface area contributed by atoms with Crippen LogP contribution in [0.25, 0.3) is 0 Å². The van der Waals surface area contributed by atoms with E-state index in [4.69, 9.17) is 0 Å². The highest BCUT2D eigenvalue weighted by molar-refractivity contribution is 7.98. The van der Waals surface area contributed by atoms with Gasteiger partial charge >= 0.3 is 0 Å². The Kier molecular flexibility index (Phi) is 3.29. The number of aromatic nitrogens is 2. The highest BCUT2D eigenvalue weighted by Crippen LogP contribution is 2.17. The molecule has 0 unspecified atom stereocenters. The molecule has 0 saturated carbocycles. The maximum Gasteiger partial charge on any atom is 0.0922 e. The summed E-state index contributed by atoms with van der Waals surface area (Å²) in [6.45, 7) is 0.776. The van der Waals surface area contributed by atoms with Gasteiger partial charge in [0.15, 0.2) is 0 Å². The fraction of sp³-hybridized carbons (Fsp3) is 0.182. The monoisotopic (exact) mass is 219 g/mol. The van der Waals surface area contributed by atoms with Gasteiger partial charge < -0.3 is 10.3 Å². The molecule has 3 nitrogen and oxygen atoms in total. The highest BCUT2D eigenvalue weighted by atomic mass is 32.2. The number of nitrogens with one attached hydrogen (secondary N) is 2. The predicted octanol–water partition coefficient (Wildman–Crippen LogP) is 2.74. The summed E-state index contributed by atoms with van der Waals surface area (Å²) in [6.07, 6.45) is 5.59. The average molecular weight is 219 g/mol. The third-order valence-corrected chi connectivity index (χ3v) is 2.87. The SMILES string of the molecule is CSc1ccc(NCc2cnc[nH]2)cc1. The molecule has 1 heterocycles. The number of hydrogen-bond donors (Lipinski definition) is 2. The number of hydrogen-bond acceptors (Lipinski definition) is 3. The normalized spacial score (nSPS) is 10.2. The van der Waals surface area contributed by atoms with Crippen molar-refractivity contribution in [3.05, 3.63) is 42.5 Å². The van der Waals surface area contributed by atoms with Crippen LogP contribution in [0.3, 0.4) is 0 Å². The van der Waals surface area contributed by atoms with E-state index in [1.165, 1.54) is 4.90 Å². The third kappa shape index (κ3) is 2.76. The molecule has 2 rings (SSSR count). The lowest BCUT2D eigenvalue weighted by atomic mass is 10.3. The van der Waals surface area contributed by atoms with Crippen molar-refractivity contribution in [3.63, 3.8) is 0 Å². The Morgan fingerprint density at radius 1 is 1.33 bits per heavy atom. The predicted molar refractivity (Wildman–Crippen MR) is 64.1 cm³/mol. The van der Waals surface area contributed by atoms with Crippen molar-refractivity contribution in [3.8, 4) is 0 Å². The van der Waals surface area contributed by atoms with E-state index in [2.05, 4.69) is 45.8 Å². The number of thioether (sulfide) groups is 1. The van der Waals surface area contributed by atoms with Gasteiger partial charge in [0.25, 0.3) is 0 Å². The molecule has 0 bridgehead atoms. The van der Waals surface area contributed by atoms with Gasteiger partial charge in [-0.15, -0.1) is 11.8 Å². The van der Waals surface area contributed by atoms with Crippen LogP contribution in [0.2, 0.25) is 0 Å². The van der Waals surface area contributed by atoms with Gasteiger partial charge in [-0.1, -0.05) is 0 Å². The summed E-state index contributed by atoms with van der Waals surface area (Å²) in [4.78, 5) is 8.29. The van der Waals surface area contributed by atoms with Crippen molar-refractivity contribution in [2.24, 2.45) is 0 Å². The van der Waals surface area contributed by atoms with Crippen molar-refractivity contribution >= 4 is 17.4 Å². The molecule has 1 aromatic heterocycles. The third-order valence-electron chi connectivity index (χ3n) is 2.13. The molecule has 0 spiro atoms. The minimum absolute atomic E-state index is 0.776. The van der Waals surface area contributed by atoms with Crippen LogP contribution in [0.1, 0.15) is 5.69 Å². The largest absolute Gasteiger partial charge is 0.379 e. The highest BCUT2D eigenvalue weighted by Gasteiger charge is 1.95. The molecule has 0 amide bonds. The lowest BCUT2D eigenvalue weighted by molar-refractivity contribution is 1.07. The van der Waals surface area contributed by atoms with Gasteiger partial charge in [0.1, 0.15) is 0 Å². The van der Waals surface area contributed by atoms with Crippen molar-refractivity contribution in [1.29, 1.82) is 0 Å². The molecule has 0 radical (unpaired) electrons. The van der Waals surface area contributed by atoms with E-state index in [0.29, 0.717) is 0 Å². The first-order valence-corrected chi connectivity index (χ1v) is 5.96. The Balaban J connectivity index is 1.93. The van der Waals surface area contributed by atoms with Crippen LogP contribution in [-0.4, -0.2) is 16.2 Å². The van der Waals surface area contributed by atoms with Crippen LogP contribution in [0.15, 0.2) is 41.7 Å². The number of H-pyrrole nitrogens is 1. The van der Waals surface area contributed by atoms with Crippen molar-refractivity contribution < 1.29 is 0 Å². The molecule has 2 aromatic rings. The minimum Gasteiger partial charge on any atom is -0.379 e. The molecule has 0 aliphatic rings. The van der Waals surface area contributed by atoms with Crippen LogP contribution in [0, 0.1) is 0 Å². The van der Waals surface area contributed by atoms with E-state index in [1.54, 1.807) is 18.1 Å². The Hall–Kier alpha value is -1.42. The molecule has 0 aliphatic carbocycles. The minimum atomic E-state index is 0.776. The Morgan fingerprint density at radius 2 is 2.13 bits per heavy atom. The Morgan fingerprint density at radius 3 is 2.73 bits per heavy atom. The number of benzene rings is 1. The smallest absolute Gasteiger partial charge is 0.0922 e. The summed E-state index contributed by atoms with van der Waals surface area (Å²) < 4.78 is 0. The van der Waals surface area contributed by atoms with Crippen LogP contribution < -0.4 is 5.32 Å². The first kappa shape index (κ1) is 10.1. The molecule has 0 aliphatic heterocycles. The van der Waals surface area contributed by atoms with E-state index >= 15 is 0 Å². The lowest BCUT2D eigenvalue weighted by Gasteiger charge is -2.05. The standard InChI is InChI=1S/C11H13N3S/c1-15-11-4-2-9(3-5-11)13-7-10-6-12-8-14-10/h2-6,8,13H,7H2,1H3,(H,12,14). The first-order chi connectivity index (χ1) is 7.38. The van der Waals surface area contributed by atoms with Gasteiger partial charge in [-0.05, 0) is 30.5 Å². The van der Waals surface area contributed by atoms with Gasteiger partial charge in [-0.3, -0.25) is 0 Å². The second-order valence-corrected chi connectivity index (χ2v) is 4.04. The van der Waals surface area contributed by atoms with E-state index in [0.717, 1.165) is 17.9 Å². The molecule has 2 N–H and O–H groups in total. The Bertz CT molecular complexity index is 394. The van der Waals surface area contributed by atoms with Gasteiger partial charge in [-0.25, -0.2) is 4.98 Å². The fourth-order valence-corrected chi connectivity index (χ4v) is 1.70. The molecule has 0 atom stereocenters. The zero-order valence-electron chi connectivity index (χ0n) is 8.53. The zero-order valence-corrected chi connectivity index (χ0v) is 9.34. The van der Waals surface area contributed by atoms with Crippen molar-refractivity contribution in [2.45, 2.75) is 11.4 Å². The average Bonchev–Trinajstić information content (AvgIpc) is 2.80. The van der Waals surface area contributed by atoms with E-state index in [1.807, 2.05) is 6.20 Å². The van der Waals surface area contributed by atoms with Gasteiger partial charge in [0.05, 0.1) is 18.6 Å². The molecule has 4 heteroatoms. The van der Waals surface area contributed by atoms with Gasteiger partial charge in [-0.2, -0.15) is 0 Å². The van der Waals surface area contributed by atoms with Crippen LogP contribution in [0.5, 0.6) is 0 Å². The van der Waals surface area contributed by atoms with E-state index in [-0.39, 0.29) is 0 Å². The molecule has 0 saturated heterocycles. The number of aromatic amines is 1. The quantitative estimate of drug-likeness (QED) is 0.777. The first-order valence-electron chi connectivity index (χ1n) is 4.73. The summed E-state index contributed by atoms with van der Waals surface area (Å²) >= 11 is 1.75. The van der Waals surface area contributed by atoms with Gasteiger partial charge in [0, 0.05) is 16.8 Å². The molecular formula is C11H13N3S. The number of rotatable bonds is 4. The number of nitrogens with zero attached hydrogens (tertiary/aromatic N) is 1. The summed E-state index contributed by atoms with van der Waals surface area (Å²) in [5, 5.41) is 3.32. The summed E-state index contributed by atoms with van der Waals surface area (Å²) in [5.41, 5.74) is 2.21. The number of imidazole rings is 1. The molecule has 78 valence electrons. The number of anilines is 1. The maximum atomic E-state index is 3.96. The van der Waals surface area contributed by atoms with Gasteiger partial charge in [0.2, 0.25) is 0 Å².